The molecule has 1 spiro atoms. The van der Waals surface area contributed by atoms with Gasteiger partial charge in [-0.2, -0.15) is 0 Å². The monoisotopic (exact) mass is 447 g/mol. The van der Waals surface area contributed by atoms with Gasteiger partial charge in [0.05, 0.1) is 6.26 Å². The second-order valence-corrected chi connectivity index (χ2v) is 6.75. The molecular weight excluding hydrogens is 417 g/mol. The molecule has 1 aromatic rings. The summed E-state index contributed by atoms with van der Waals surface area (Å²) in [6.45, 7) is 7.98. The Morgan fingerprint density at radius 1 is 1.33 bits per heavy atom. The first kappa shape index (κ1) is 19.6. The third-order valence-electron chi connectivity index (χ3n) is 5.01. The fraction of sp³-hybridized carbons (Fsp3) is 0.722. The molecule has 0 bridgehead atoms. The van der Waals surface area contributed by atoms with Crippen LogP contribution in [0.1, 0.15) is 38.4 Å². The van der Waals surface area contributed by atoms with Gasteiger partial charge in [-0.1, -0.05) is 6.92 Å². The van der Waals surface area contributed by atoms with Crippen molar-refractivity contribution in [2.75, 3.05) is 39.4 Å². The predicted octanol–water partition coefficient (Wildman–Crippen LogP) is 3.30. The van der Waals surface area contributed by atoms with Gasteiger partial charge in [-0.25, -0.2) is 0 Å². The highest BCUT2D eigenvalue weighted by atomic mass is 127. The number of aliphatic imine (C=N–C) groups is 1. The zero-order chi connectivity index (χ0) is 16.0. The van der Waals surface area contributed by atoms with Crippen molar-refractivity contribution in [3.8, 4) is 0 Å². The van der Waals surface area contributed by atoms with Gasteiger partial charge >= 0.3 is 0 Å². The number of hydrogen-bond donors (Lipinski definition) is 1. The molecule has 3 heterocycles. The van der Waals surface area contributed by atoms with Crippen LogP contribution in [-0.4, -0.2) is 50.3 Å². The minimum absolute atomic E-state index is 0. The summed E-state index contributed by atoms with van der Waals surface area (Å²) >= 11 is 0. The van der Waals surface area contributed by atoms with Crippen molar-refractivity contribution in [3.05, 3.63) is 24.2 Å². The number of nitrogens with zero attached hydrogens (tertiary/aromatic N) is 2. The van der Waals surface area contributed by atoms with Gasteiger partial charge in [0.15, 0.2) is 5.96 Å². The molecule has 0 atom stereocenters. The number of nitrogens with one attached hydrogen (secondary N) is 1. The quantitative estimate of drug-likeness (QED) is 0.428. The molecule has 0 aromatic carbocycles. The van der Waals surface area contributed by atoms with E-state index in [1.807, 2.05) is 12.1 Å². The predicted molar refractivity (Wildman–Crippen MR) is 107 cm³/mol. The molecule has 24 heavy (non-hydrogen) atoms. The maximum absolute atomic E-state index is 5.55. The van der Waals surface area contributed by atoms with E-state index in [-0.39, 0.29) is 24.0 Å². The minimum Gasteiger partial charge on any atom is -0.469 e. The highest BCUT2D eigenvalue weighted by molar-refractivity contribution is 14.0. The van der Waals surface area contributed by atoms with Crippen molar-refractivity contribution in [1.82, 2.24) is 10.2 Å². The van der Waals surface area contributed by atoms with E-state index in [1.165, 1.54) is 19.3 Å². The number of rotatable bonds is 5. The lowest BCUT2D eigenvalue weighted by Crippen LogP contribution is -2.43. The maximum atomic E-state index is 5.55. The van der Waals surface area contributed by atoms with Crippen molar-refractivity contribution in [2.45, 2.75) is 39.0 Å². The first-order valence-electron chi connectivity index (χ1n) is 8.95. The number of hydrogen-bond acceptors (Lipinski definition) is 3. The van der Waals surface area contributed by atoms with Crippen LogP contribution in [0, 0.1) is 5.41 Å². The molecule has 1 N–H and O–H groups in total. The van der Waals surface area contributed by atoms with Crippen molar-refractivity contribution in [2.24, 2.45) is 10.4 Å². The summed E-state index contributed by atoms with van der Waals surface area (Å²) in [6.07, 6.45) is 7.35. The number of guanidine groups is 1. The molecule has 0 radical (unpaired) electrons. The molecule has 3 rings (SSSR count). The van der Waals surface area contributed by atoms with E-state index in [1.54, 1.807) is 6.26 Å². The van der Waals surface area contributed by atoms with Crippen molar-refractivity contribution >= 4 is 29.9 Å². The molecular formula is C18H30IN3O2. The number of likely N-dealkylation sites (tertiary alicyclic amines) is 1. The third kappa shape index (κ3) is 5.12. The lowest BCUT2D eigenvalue weighted by atomic mass is 9.80. The molecule has 5 nitrogen and oxygen atoms in total. The van der Waals surface area contributed by atoms with Crippen LogP contribution in [0.25, 0.3) is 0 Å². The van der Waals surface area contributed by atoms with E-state index in [2.05, 4.69) is 17.1 Å². The fourth-order valence-electron chi connectivity index (χ4n) is 3.57. The van der Waals surface area contributed by atoms with Crippen LogP contribution in [0.4, 0.5) is 0 Å². The summed E-state index contributed by atoms with van der Waals surface area (Å²) in [5.41, 5.74) is 0.452. The molecule has 2 aliphatic heterocycles. The molecule has 1 aromatic heterocycles. The third-order valence-corrected chi connectivity index (χ3v) is 5.01. The first-order valence-corrected chi connectivity index (χ1v) is 8.95. The Morgan fingerprint density at radius 3 is 2.88 bits per heavy atom. The van der Waals surface area contributed by atoms with E-state index < -0.39 is 0 Å². The van der Waals surface area contributed by atoms with Crippen LogP contribution < -0.4 is 5.32 Å². The average molecular weight is 447 g/mol. The topological polar surface area (TPSA) is 50.0 Å². The minimum atomic E-state index is 0. The average Bonchev–Trinajstić information content (AvgIpc) is 3.22. The summed E-state index contributed by atoms with van der Waals surface area (Å²) < 4.78 is 11.0. The molecule has 2 saturated heterocycles. The van der Waals surface area contributed by atoms with Gasteiger partial charge in [0.1, 0.15) is 5.76 Å². The summed E-state index contributed by atoms with van der Waals surface area (Å²) in [4.78, 5) is 7.24. The molecule has 2 aliphatic rings. The summed E-state index contributed by atoms with van der Waals surface area (Å²) in [6, 6.07) is 3.97. The number of furan rings is 1. The lowest BCUT2D eigenvalue weighted by Gasteiger charge is -2.33. The summed E-state index contributed by atoms with van der Waals surface area (Å²) in [5.74, 6) is 2.09. The molecule has 136 valence electrons. The second kappa shape index (κ2) is 9.65. The molecule has 0 saturated carbocycles. The highest BCUT2D eigenvalue weighted by Gasteiger charge is 2.40. The Bertz CT molecular complexity index is 498. The van der Waals surface area contributed by atoms with Crippen molar-refractivity contribution < 1.29 is 9.15 Å². The van der Waals surface area contributed by atoms with Crippen LogP contribution in [0.2, 0.25) is 0 Å². The zero-order valence-corrected chi connectivity index (χ0v) is 17.0. The van der Waals surface area contributed by atoms with Crippen LogP contribution in [-0.2, 0) is 11.2 Å². The Labute approximate surface area is 162 Å². The van der Waals surface area contributed by atoms with Crippen LogP contribution in [0.3, 0.4) is 0 Å². The Morgan fingerprint density at radius 2 is 2.17 bits per heavy atom. The first-order chi connectivity index (χ1) is 11.3. The van der Waals surface area contributed by atoms with E-state index in [0.29, 0.717) is 5.41 Å². The van der Waals surface area contributed by atoms with Gasteiger partial charge in [-0.3, -0.25) is 4.99 Å². The van der Waals surface area contributed by atoms with Gasteiger partial charge in [0.2, 0.25) is 0 Å². The smallest absolute Gasteiger partial charge is 0.193 e. The Hall–Kier alpha value is -0.760. The number of ether oxygens (including phenoxy) is 1. The molecule has 0 aliphatic carbocycles. The van der Waals surface area contributed by atoms with Gasteiger partial charge in [0, 0.05) is 45.8 Å². The molecule has 2 fully saturated rings. The van der Waals surface area contributed by atoms with Crippen LogP contribution in [0.5, 0.6) is 0 Å². The maximum Gasteiger partial charge on any atom is 0.193 e. The van der Waals surface area contributed by atoms with Crippen LogP contribution in [0.15, 0.2) is 27.8 Å². The van der Waals surface area contributed by atoms with Gasteiger partial charge in [0.25, 0.3) is 0 Å². The Kier molecular flexibility index (Phi) is 7.87. The second-order valence-electron chi connectivity index (χ2n) is 6.75. The van der Waals surface area contributed by atoms with E-state index in [0.717, 1.165) is 64.0 Å². The molecule has 0 unspecified atom stereocenters. The van der Waals surface area contributed by atoms with Gasteiger partial charge in [-0.05, 0) is 43.2 Å². The largest absolute Gasteiger partial charge is 0.469 e. The van der Waals surface area contributed by atoms with E-state index >= 15 is 0 Å². The molecule has 6 heteroatoms. The summed E-state index contributed by atoms with van der Waals surface area (Å²) in [7, 11) is 0. The standard InChI is InChI=1S/C18H29N3O2.HI/c1-2-9-19-17(20-10-5-16-4-3-12-23-16)21-11-6-18(15-21)7-13-22-14-8-18;/h3-4,12H,2,5-11,13-15H2,1H3,(H,19,20);1H. The van der Waals surface area contributed by atoms with Crippen LogP contribution >= 0.6 is 24.0 Å². The SMILES string of the molecule is CCCN=C(NCCc1ccco1)N1CCC2(CCOCC2)C1.I. The summed E-state index contributed by atoms with van der Waals surface area (Å²) in [5, 5.41) is 3.54. The van der Waals surface area contributed by atoms with Gasteiger partial charge in [-0.15, -0.1) is 24.0 Å². The van der Waals surface area contributed by atoms with Crippen molar-refractivity contribution in [1.29, 1.82) is 0 Å². The zero-order valence-electron chi connectivity index (χ0n) is 14.6. The van der Waals surface area contributed by atoms with E-state index in [4.69, 9.17) is 14.1 Å². The van der Waals surface area contributed by atoms with Gasteiger partial charge < -0.3 is 19.4 Å². The lowest BCUT2D eigenvalue weighted by molar-refractivity contribution is 0.0217. The normalized spacial score (nSPS) is 20.2. The van der Waals surface area contributed by atoms with E-state index in [9.17, 15) is 0 Å². The fourth-order valence-corrected chi connectivity index (χ4v) is 3.57. The Balaban J connectivity index is 0.00000208. The molecule has 0 amide bonds. The highest BCUT2D eigenvalue weighted by Crippen LogP contribution is 2.39. The van der Waals surface area contributed by atoms with Crippen molar-refractivity contribution in [3.63, 3.8) is 0 Å². The number of halogens is 1.